The zero-order valence-electron chi connectivity index (χ0n) is 9.86. The molecule has 0 aromatic carbocycles. The minimum atomic E-state index is -0.450. The van der Waals surface area contributed by atoms with E-state index in [9.17, 15) is 0 Å². The second-order valence-corrected chi connectivity index (χ2v) is 6.81. The lowest BCUT2D eigenvalue weighted by atomic mass is 9.99. The fourth-order valence-corrected chi connectivity index (χ4v) is 3.70. The van der Waals surface area contributed by atoms with Gasteiger partial charge in [-0.3, -0.25) is 0 Å². The van der Waals surface area contributed by atoms with Crippen LogP contribution in [0.3, 0.4) is 0 Å². The lowest BCUT2D eigenvalue weighted by Crippen LogP contribution is -2.34. The Hall–Kier alpha value is -0.330. The Morgan fingerprint density at radius 1 is 1.32 bits per heavy atom. The van der Waals surface area contributed by atoms with Crippen LogP contribution in [0.1, 0.15) is 31.5 Å². The largest absolute Gasteiger partial charge is 0.334 e. The molecule has 1 fully saturated rings. The maximum Gasteiger partial charge on any atom is 0.260 e. The molecule has 0 unspecified atom stereocenters. The number of halogens is 3. The molecule has 0 amide bonds. The monoisotopic (exact) mass is 339 g/mol. The van der Waals surface area contributed by atoms with Crippen molar-refractivity contribution in [2.24, 2.45) is 5.73 Å². The second-order valence-electron chi connectivity index (χ2n) is 4.52. The van der Waals surface area contributed by atoms with Crippen molar-refractivity contribution >= 4 is 46.9 Å². The van der Waals surface area contributed by atoms with Gasteiger partial charge in [0.15, 0.2) is 5.82 Å². The Kier molecular flexibility index (Phi) is 4.42. The van der Waals surface area contributed by atoms with Gasteiger partial charge in [-0.15, -0.1) is 23.7 Å². The minimum Gasteiger partial charge on any atom is -0.334 e. The van der Waals surface area contributed by atoms with E-state index in [0.717, 1.165) is 25.7 Å². The van der Waals surface area contributed by atoms with Crippen LogP contribution in [0.15, 0.2) is 10.6 Å². The van der Waals surface area contributed by atoms with Crippen LogP contribution >= 0.6 is 46.9 Å². The van der Waals surface area contributed by atoms with Gasteiger partial charge in [0, 0.05) is 0 Å². The quantitative estimate of drug-likeness (QED) is 0.887. The average molecular weight is 341 g/mol. The van der Waals surface area contributed by atoms with Crippen molar-refractivity contribution in [1.82, 2.24) is 10.1 Å². The predicted octanol–water partition coefficient (Wildman–Crippen LogP) is 4.25. The summed E-state index contributed by atoms with van der Waals surface area (Å²) >= 11 is 13.2. The van der Waals surface area contributed by atoms with Gasteiger partial charge in [0.05, 0.1) is 15.4 Å². The zero-order chi connectivity index (χ0) is 12.8. The third-order valence-corrected chi connectivity index (χ3v) is 4.74. The summed E-state index contributed by atoms with van der Waals surface area (Å²) in [7, 11) is 0. The van der Waals surface area contributed by atoms with Gasteiger partial charge in [0.25, 0.3) is 5.89 Å². The molecule has 19 heavy (non-hydrogen) atoms. The molecule has 2 heterocycles. The summed E-state index contributed by atoms with van der Waals surface area (Å²) in [6.07, 6.45) is 3.99. The van der Waals surface area contributed by atoms with Crippen LogP contribution < -0.4 is 5.73 Å². The summed E-state index contributed by atoms with van der Waals surface area (Å²) in [5.74, 6) is 0.947. The van der Waals surface area contributed by atoms with Crippen LogP contribution in [0.25, 0.3) is 11.5 Å². The first-order valence-electron chi connectivity index (χ1n) is 5.67. The van der Waals surface area contributed by atoms with Crippen LogP contribution in [0, 0.1) is 0 Å². The van der Waals surface area contributed by atoms with Crippen LogP contribution in [-0.2, 0) is 5.54 Å². The van der Waals surface area contributed by atoms with Crippen LogP contribution in [0.4, 0.5) is 0 Å². The Morgan fingerprint density at radius 3 is 2.58 bits per heavy atom. The van der Waals surface area contributed by atoms with Crippen molar-refractivity contribution in [1.29, 1.82) is 0 Å². The molecule has 2 aromatic rings. The maximum atomic E-state index is 6.27. The Balaban J connectivity index is 0.00000133. The number of nitrogens with zero attached hydrogens (tertiary/aromatic N) is 2. The first-order valence-corrected chi connectivity index (χ1v) is 7.24. The van der Waals surface area contributed by atoms with E-state index < -0.39 is 5.54 Å². The fraction of sp³-hybridized carbons (Fsp3) is 0.455. The number of aromatic nitrogens is 2. The predicted molar refractivity (Wildman–Crippen MR) is 79.2 cm³/mol. The van der Waals surface area contributed by atoms with E-state index in [4.69, 9.17) is 33.5 Å². The number of hydrogen-bond donors (Lipinski definition) is 1. The molecule has 2 N–H and O–H groups in total. The van der Waals surface area contributed by atoms with Crippen molar-refractivity contribution in [2.75, 3.05) is 0 Å². The highest BCUT2D eigenvalue weighted by molar-refractivity contribution is 7.20. The maximum absolute atomic E-state index is 6.27. The molecule has 1 aliphatic rings. The van der Waals surface area contributed by atoms with E-state index in [-0.39, 0.29) is 12.4 Å². The van der Waals surface area contributed by atoms with Crippen molar-refractivity contribution in [3.8, 4) is 11.5 Å². The summed E-state index contributed by atoms with van der Waals surface area (Å²) < 4.78 is 6.39. The summed E-state index contributed by atoms with van der Waals surface area (Å²) in [6.45, 7) is 0. The van der Waals surface area contributed by atoms with Gasteiger partial charge >= 0.3 is 0 Å². The Labute approximate surface area is 130 Å². The molecule has 104 valence electrons. The lowest BCUT2D eigenvalue weighted by molar-refractivity contribution is 0.372. The highest BCUT2D eigenvalue weighted by Crippen LogP contribution is 2.39. The highest BCUT2D eigenvalue weighted by Gasteiger charge is 2.36. The molecule has 0 bridgehead atoms. The van der Waals surface area contributed by atoms with E-state index in [1.54, 1.807) is 6.07 Å². The molecule has 3 rings (SSSR count). The number of nitrogens with two attached hydrogens (primary N) is 1. The van der Waals surface area contributed by atoms with Gasteiger partial charge in [0.1, 0.15) is 4.34 Å². The third kappa shape index (κ3) is 2.76. The molecular weight excluding hydrogens is 329 g/mol. The summed E-state index contributed by atoms with van der Waals surface area (Å²) in [5, 5.41) is 3.99. The van der Waals surface area contributed by atoms with Crippen LogP contribution in [0.5, 0.6) is 0 Å². The molecule has 2 aromatic heterocycles. The zero-order valence-corrected chi connectivity index (χ0v) is 13.0. The molecular formula is C11H12Cl3N3OS. The van der Waals surface area contributed by atoms with Gasteiger partial charge in [-0.1, -0.05) is 41.2 Å². The molecule has 1 saturated carbocycles. The summed E-state index contributed by atoms with van der Waals surface area (Å²) in [5.41, 5.74) is 6.50. The van der Waals surface area contributed by atoms with Gasteiger partial charge in [-0.2, -0.15) is 4.98 Å². The van der Waals surface area contributed by atoms with E-state index in [1.807, 2.05) is 0 Å². The smallest absolute Gasteiger partial charge is 0.260 e. The molecule has 8 heteroatoms. The molecule has 4 nitrogen and oxygen atoms in total. The molecule has 1 aliphatic carbocycles. The third-order valence-electron chi connectivity index (χ3n) is 3.25. The second kappa shape index (κ2) is 5.58. The molecule has 0 radical (unpaired) electrons. The SMILES string of the molecule is Cl.NC1(c2noc(-c3cc(Cl)sc3Cl)n2)CCCC1. The molecule has 0 saturated heterocycles. The molecule has 0 aliphatic heterocycles. The minimum absolute atomic E-state index is 0. The van der Waals surface area contributed by atoms with Gasteiger partial charge in [-0.05, 0) is 18.9 Å². The van der Waals surface area contributed by atoms with E-state index >= 15 is 0 Å². The summed E-state index contributed by atoms with van der Waals surface area (Å²) in [4.78, 5) is 4.37. The fourth-order valence-electron chi connectivity index (χ4n) is 2.25. The Morgan fingerprint density at radius 2 is 2.00 bits per heavy atom. The average Bonchev–Trinajstić information content (AvgIpc) is 2.99. The van der Waals surface area contributed by atoms with Crippen molar-refractivity contribution in [3.63, 3.8) is 0 Å². The molecule has 0 atom stereocenters. The lowest BCUT2D eigenvalue weighted by Gasteiger charge is -2.17. The first kappa shape index (κ1) is 15.1. The van der Waals surface area contributed by atoms with Crippen molar-refractivity contribution < 1.29 is 4.52 Å². The van der Waals surface area contributed by atoms with E-state index in [1.165, 1.54) is 11.3 Å². The van der Waals surface area contributed by atoms with Gasteiger partial charge in [-0.25, -0.2) is 0 Å². The van der Waals surface area contributed by atoms with E-state index in [2.05, 4.69) is 10.1 Å². The highest BCUT2D eigenvalue weighted by atomic mass is 35.5. The first-order chi connectivity index (χ1) is 8.58. The number of rotatable bonds is 2. The molecule has 0 spiro atoms. The summed E-state index contributed by atoms with van der Waals surface area (Å²) in [6, 6.07) is 1.73. The standard InChI is InChI=1S/C11H11Cl2N3OS.ClH/c12-7-5-6(8(13)18-7)9-15-10(16-17-9)11(14)3-1-2-4-11;/h5H,1-4,14H2;1H. The van der Waals surface area contributed by atoms with Gasteiger partial charge in [0.2, 0.25) is 0 Å². The number of thiophene rings is 1. The van der Waals surface area contributed by atoms with Gasteiger partial charge < -0.3 is 10.3 Å². The van der Waals surface area contributed by atoms with Crippen molar-refractivity contribution in [3.05, 3.63) is 20.6 Å². The van der Waals surface area contributed by atoms with Crippen LogP contribution in [-0.4, -0.2) is 10.1 Å². The van der Waals surface area contributed by atoms with Crippen molar-refractivity contribution in [2.45, 2.75) is 31.2 Å². The van der Waals surface area contributed by atoms with E-state index in [0.29, 0.717) is 26.0 Å². The number of hydrogen-bond acceptors (Lipinski definition) is 5. The Bertz CT molecular complexity index is 578. The topological polar surface area (TPSA) is 64.9 Å². The normalized spacial score (nSPS) is 17.4. The van der Waals surface area contributed by atoms with Crippen LogP contribution in [0.2, 0.25) is 8.67 Å².